The summed E-state index contributed by atoms with van der Waals surface area (Å²) in [4.78, 5) is 22.9. The molecule has 0 spiro atoms. The number of ether oxygens (including phenoxy) is 1. The quantitative estimate of drug-likeness (QED) is 0.403. The van der Waals surface area contributed by atoms with Gasteiger partial charge in [0.1, 0.15) is 5.75 Å². The van der Waals surface area contributed by atoms with E-state index < -0.39 is 0 Å². The molecule has 0 atom stereocenters. The van der Waals surface area contributed by atoms with Gasteiger partial charge >= 0.3 is 0 Å². The van der Waals surface area contributed by atoms with Gasteiger partial charge in [-0.1, -0.05) is 56.3 Å². The molecular weight excluding hydrogens is 422 g/mol. The van der Waals surface area contributed by atoms with Gasteiger partial charge in [0.15, 0.2) is 5.82 Å². The van der Waals surface area contributed by atoms with Crippen molar-refractivity contribution in [3.05, 3.63) is 83.2 Å². The van der Waals surface area contributed by atoms with Crippen molar-refractivity contribution in [3.8, 4) is 17.0 Å². The fourth-order valence-corrected chi connectivity index (χ4v) is 4.62. The normalized spacial score (nSPS) is 12.4. The van der Waals surface area contributed by atoms with E-state index in [1.54, 1.807) is 7.11 Å². The molecule has 0 unspecified atom stereocenters. The lowest BCUT2D eigenvalue weighted by atomic mass is 9.91. The lowest BCUT2D eigenvalue weighted by Gasteiger charge is -2.22. The van der Waals surface area contributed by atoms with Gasteiger partial charge in [-0.25, -0.2) is 9.97 Å². The van der Waals surface area contributed by atoms with Crippen LogP contribution in [0.5, 0.6) is 5.75 Å². The molecule has 1 amide bonds. The van der Waals surface area contributed by atoms with Gasteiger partial charge in [-0.2, -0.15) is 0 Å². The van der Waals surface area contributed by atoms with Crippen molar-refractivity contribution in [1.29, 1.82) is 0 Å². The largest absolute Gasteiger partial charge is 0.497 e. The summed E-state index contributed by atoms with van der Waals surface area (Å²) >= 11 is 0. The van der Waals surface area contributed by atoms with E-state index in [2.05, 4.69) is 55.6 Å². The summed E-state index contributed by atoms with van der Waals surface area (Å²) in [6, 6.07) is 20.5. The van der Waals surface area contributed by atoms with Crippen LogP contribution in [0.15, 0.2) is 60.7 Å². The minimum absolute atomic E-state index is 0.0736. The van der Waals surface area contributed by atoms with E-state index in [-0.39, 0.29) is 5.91 Å². The zero-order valence-electron chi connectivity index (χ0n) is 19.9. The molecule has 1 aromatic heterocycles. The van der Waals surface area contributed by atoms with E-state index in [1.807, 2.05) is 24.3 Å². The Hall–Kier alpha value is -3.73. The monoisotopic (exact) mass is 451 g/mol. The van der Waals surface area contributed by atoms with Gasteiger partial charge in [0.05, 0.1) is 30.6 Å². The fraction of sp³-hybridized carbons (Fsp3) is 0.276. The second-order valence-corrected chi connectivity index (χ2v) is 9.34. The van der Waals surface area contributed by atoms with Crippen molar-refractivity contribution in [1.82, 2.24) is 9.97 Å². The summed E-state index contributed by atoms with van der Waals surface area (Å²) in [5.74, 6) is 1.77. The molecule has 5 heteroatoms. The average Bonchev–Trinajstić information content (AvgIpc) is 2.83. The predicted molar refractivity (Wildman–Crippen MR) is 136 cm³/mol. The molecule has 3 aromatic carbocycles. The summed E-state index contributed by atoms with van der Waals surface area (Å²) in [5, 5.41) is 5.38. The van der Waals surface area contributed by atoms with Gasteiger partial charge in [0.2, 0.25) is 5.91 Å². The maximum Gasteiger partial charge on any atom is 0.229 e. The molecule has 5 rings (SSSR count). The molecule has 0 bridgehead atoms. The Morgan fingerprint density at radius 2 is 1.82 bits per heavy atom. The third-order valence-electron chi connectivity index (χ3n) is 6.28. The zero-order valence-corrected chi connectivity index (χ0v) is 19.9. The molecule has 1 aliphatic rings. The van der Waals surface area contributed by atoms with Crippen molar-refractivity contribution in [2.45, 2.75) is 39.5 Å². The Kier molecular flexibility index (Phi) is 6.01. The highest BCUT2D eigenvalue weighted by atomic mass is 16.5. The first-order valence-corrected chi connectivity index (χ1v) is 11.8. The Labute approximate surface area is 200 Å². The SMILES string of the molecule is COc1ccc2c(c1)CCc1nc(NC(=O)Cc3ccc4ccccc4c3)c(CC(C)C)nc1-2. The molecule has 1 aliphatic carbocycles. The molecule has 5 nitrogen and oxygen atoms in total. The number of hydrogen-bond acceptors (Lipinski definition) is 4. The van der Waals surface area contributed by atoms with Crippen molar-refractivity contribution < 1.29 is 9.53 Å². The first-order valence-electron chi connectivity index (χ1n) is 11.8. The van der Waals surface area contributed by atoms with Gasteiger partial charge in [0, 0.05) is 5.56 Å². The maximum absolute atomic E-state index is 13.0. The Bertz CT molecular complexity index is 1380. The number of nitrogens with one attached hydrogen (secondary N) is 1. The molecule has 172 valence electrons. The van der Waals surface area contributed by atoms with Crippen LogP contribution < -0.4 is 10.1 Å². The Morgan fingerprint density at radius 3 is 2.62 bits per heavy atom. The average molecular weight is 452 g/mol. The number of nitrogens with zero attached hydrogens (tertiary/aromatic N) is 2. The summed E-state index contributed by atoms with van der Waals surface area (Å²) in [6.45, 7) is 4.31. The van der Waals surface area contributed by atoms with Crippen LogP contribution in [0.25, 0.3) is 22.0 Å². The molecule has 0 aliphatic heterocycles. The third kappa shape index (κ3) is 4.51. The van der Waals surface area contributed by atoms with Crippen LogP contribution in [0.1, 0.15) is 36.4 Å². The van der Waals surface area contributed by atoms with Crippen LogP contribution in [-0.2, 0) is 30.5 Å². The van der Waals surface area contributed by atoms with E-state index in [9.17, 15) is 4.79 Å². The van der Waals surface area contributed by atoms with Gasteiger partial charge in [-0.05, 0) is 65.3 Å². The van der Waals surface area contributed by atoms with Crippen LogP contribution in [0.4, 0.5) is 5.82 Å². The van der Waals surface area contributed by atoms with E-state index in [0.717, 1.165) is 58.6 Å². The molecule has 0 fully saturated rings. The predicted octanol–water partition coefficient (Wildman–Crippen LogP) is 5.78. The number of hydrogen-bond donors (Lipinski definition) is 1. The van der Waals surface area contributed by atoms with E-state index in [0.29, 0.717) is 18.2 Å². The summed E-state index contributed by atoms with van der Waals surface area (Å²) in [7, 11) is 1.69. The second-order valence-electron chi connectivity index (χ2n) is 9.34. The van der Waals surface area contributed by atoms with E-state index in [1.165, 1.54) is 10.9 Å². The van der Waals surface area contributed by atoms with Crippen LogP contribution >= 0.6 is 0 Å². The highest BCUT2D eigenvalue weighted by Crippen LogP contribution is 2.35. The summed E-state index contributed by atoms with van der Waals surface area (Å²) in [5.41, 5.74) is 6.01. The molecule has 0 radical (unpaired) electrons. The number of carbonyl (C=O) groups excluding carboxylic acids is 1. The Morgan fingerprint density at radius 1 is 1.00 bits per heavy atom. The lowest BCUT2D eigenvalue weighted by Crippen LogP contribution is -2.20. The number of fused-ring (bicyclic) bond motifs is 4. The number of aromatic nitrogens is 2. The number of anilines is 1. The van der Waals surface area contributed by atoms with Crippen LogP contribution in [0.2, 0.25) is 0 Å². The second kappa shape index (κ2) is 9.26. The lowest BCUT2D eigenvalue weighted by molar-refractivity contribution is -0.115. The smallest absolute Gasteiger partial charge is 0.229 e. The van der Waals surface area contributed by atoms with Crippen LogP contribution in [0.3, 0.4) is 0 Å². The highest BCUT2D eigenvalue weighted by molar-refractivity contribution is 5.93. The number of aryl methyl sites for hydroxylation is 2. The summed E-state index contributed by atoms with van der Waals surface area (Å²) in [6.07, 6.45) is 2.71. The van der Waals surface area contributed by atoms with Gasteiger partial charge in [-0.3, -0.25) is 4.79 Å². The molecule has 1 N–H and O–H groups in total. The van der Waals surface area contributed by atoms with Crippen molar-refractivity contribution in [2.75, 3.05) is 12.4 Å². The molecule has 34 heavy (non-hydrogen) atoms. The maximum atomic E-state index is 13.0. The third-order valence-corrected chi connectivity index (χ3v) is 6.28. The van der Waals surface area contributed by atoms with Crippen LogP contribution in [0, 0.1) is 5.92 Å². The number of amides is 1. The minimum atomic E-state index is -0.0736. The molecular formula is C29H29N3O2. The van der Waals surface area contributed by atoms with Gasteiger partial charge < -0.3 is 10.1 Å². The van der Waals surface area contributed by atoms with Gasteiger partial charge in [-0.15, -0.1) is 0 Å². The first kappa shape index (κ1) is 22.1. The van der Waals surface area contributed by atoms with Gasteiger partial charge in [0.25, 0.3) is 0 Å². The number of benzene rings is 3. The minimum Gasteiger partial charge on any atom is -0.497 e. The summed E-state index contributed by atoms with van der Waals surface area (Å²) < 4.78 is 5.40. The van der Waals surface area contributed by atoms with Crippen molar-refractivity contribution in [3.63, 3.8) is 0 Å². The highest BCUT2D eigenvalue weighted by Gasteiger charge is 2.23. The molecule has 0 saturated carbocycles. The first-order chi connectivity index (χ1) is 16.5. The fourth-order valence-electron chi connectivity index (χ4n) is 4.62. The number of carbonyl (C=O) groups is 1. The molecule has 4 aromatic rings. The van der Waals surface area contributed by atoms with E-state index in [4.69, 9.17) is 14.7 Å². The molecule has 0 saturated heterocycles. The number of rotatable bonds is 6. The van der Waals surface area contributed by atoms with E-state index >= 15 is 0 Å². The van der Waals surface area contributed by atoms with Crippen LogP contribution in [-0.4, -0.2) is 23.0 Å². The molecule has 1 heterocycles. The number of methoxy groups -OCH3 is 1. The van der Waals surface area contributed by atoms with Crippen molar-refractivity contribution >= 4 is 22.5 Å². The zero-order chi connectivity index (χ0) is 23.7. The Balaban J connectivity index is 1.44. The standard InChI is InChI=1S/C29H29N3O2/c1-18(2)14-26-29(32-27(33)16-19-8-9-20-6-4-5-7-21(20)15-19)31-25-13-10-22-17-23(34-3)11-12-24(22)28(25)30-26/h4-9,11-12,15,17-18H,10,13-14,16H2,1-3H3,(H,31,32,33). The van der Waals surface area contributed by atoms with Crippen molar-refractivity contribution in [2.24, 2.45) is 5.92 Å². The topological polar surface area (TPSA) is 64.1 Å².